The van der Waals surface area contributed by atoms with Crippen LogP contribution in [-0.2, 0) is 13.6 Å². The predicted octanol–water partition coefficient (Wildman–Crippen LogP) is 4.23. The van der Waals surface area contributed by atoms with E-state index in [0.29, 0.717) is 6.04 Å². The number of aromatic nitrogens is 4. The number of benzene rings is 1. The van der Waals surface area contributed by atoms with Crippen LogP contribution in [0.25, 0.3) is 33.3 Å². The van der Waals surface area contributed by atoms with Gasteiger partial charge in [0.05, 0.1) is 16.7 Å². The molecule has 1 aromatic carbocycles. The molecular weight excluding hydrogens is 432 g/mol. The molecule has 1 aliphatic carbocycles. The van der Waals surface area contributed by atoms with Crippen LogP contribution in [0, 0.1) is 0 Å². The SMILES string of the molecule is Cn1c(=O)n(C2CC2)c2ccnc(-c3cc4cc(Br)ccc4n3CCCCO)c21. The molecule has 0 aliphatic heterocycles. The molecule has 7 heteroatoms. The number of pyridine rings is 1. The van der Waals surface area contributed by atoms with Crippen molar-refractivity contribution < 1.29 is 5.11 Å². The highest BCUT2D eigenvalue weighted by atomic mass is 79.9. The number of hydrogen-bond donors (Lipinski definition) is 1. The molecular formula is C22H23BrN4O2. The van der Waals surface area contributed by atoms with Crippen molar-refractivity contribution in [2.75, 3.05) is 6.61 Å². The van der Waals surface area contributed by atoms with Crippen LogP contribution in [0.2, 0.25) is 0 Å². The third-order valence-corrected chi connectivity index (χ3v) is 6.29. The van der Waals surface area contributed by atoms with Crippen molar-refractivity contribution in [2.24, 2.45) is 7.05 Å². The Morgan fingerprint density at radius 1 is 1.17 bits per heavy atom. The third-order valence-electron chi connectivity index (χ3n) is 5.80. The van der Waals surface area contributed by atoms with Crippen molar-refractivity contribution >= 4 is 37.9 Å². The lowest BCUT2D eigenvalue weighted by Gasteiger charge is -2.12. The van der Waals surface area contributed by atoms with Gasteiger partial charge in [0, 0.05) is 47.8 Å². The number of nitrogens with zero attached hydrogens (tertiary/aromatic N) is 4. The van der Waals surface area contributed by atoms with Gasteiger partial charge >= 0.3 is 5.69 Å². The zero-order valence-corrected chi connectivity index (χ0v) is 17.9. The quantitative estimate of drug-likeness (QED) is 0.443. The molecule has 1 saturated carbocycles. The van der Waals surface area contributed by atoms with Gasteiger partial charge in [-0.15, -0.1) is 0 Å². The Morgan fingerprint density at radius 3 is 2.76 bits per heavy atom. The van der Waals surface area contributed by atoms with Gasteiger partial charge in [-0.05, 0) is 56.0 Å². The molecule has 150 valence electrons. The van der Waals surface area contributed by atoms with Crippen molar-refractivity contribution in [1.29, 1.82) is 0 Å². The lowest BCUT2D eigenvalue weighted by molar-refractivity contribution is 0.281. The Kier molecular flexibility index (Phi) is 4.59. The van der Waals surface area contributed by atoms with E-state index < -0.39 is 0 Å². The Bertz CT molecular complexity index is 1280. The van der Waals surface area contributed by atoms with E-state index in [1.165, 1.54) is 0 Å². The highest BCUT2D eigenvalue weighted by Gasteiger charge is 2.29. The van der Waals surface area contributed by atoms with E-state index in [0.717, 1.165) is 70.0 Å². The summed E-state index contributed by atoms with van der Waals surface area (Å²) >= 11 is 3.57. The molecule has 29 heavy (non-hydrogen) atoms. The zero-order chi connectivity index (χ0) is 20.1. The van der Waals surface area contributed by atoms with Gasteiger partial charge in [-0.1, -0.05) is 15.9 Å². The second-order valence-corrected chi connectivity index (χ2v) is 8.70. The number of aliphatic hydroxyl groups excluding tert-OH is 1. The maximum absolute atomic E-state index is 12.9. The topological polar surface area (TPSA) is 65.0 Å². The number of aryl methyl sites for hydroxylation is 2. The maximum Gasteiger partial charge on any atom is 0.329 e. The molecule has 5 rings (SSSR count). The standard InChI is InChI=1S/C22H23BrN4O2/c1-25-21-18(27(22(25)29)16-5-6-16)8-9-24-20(21)19-13-14-12-15(23)4-7-17(14)26(19)10-2-3-11-28/h4,7-9,12-13,16,28H,2-3,5-6,10-11H2,1H3. The van der Waals surface area contributed by atoms with Gasteiger partial charge in [0.2, 0.25) is 0 Å². The average Bonchev–Trinajstić information content (AvgIpc) is 3.43. The van der Waals surface area contributed by atoms with E-state index in [2.05, 4.69) is 38.7 Å². The highest BCUT2D eigenvalue weighted by molar-refractivity contribution is 9.10. The summed E-state index contributed by atoms with van der Waals surface area (Å²) in [6, 6.07) is 10.7. The van der Waals surface area contributed by atoms with Crippen LogP contribution in [0.15, 0.2) is 45.8 Å². The number of halogens is 1. The second-order valence-electron chi connectivity index (χ2n) is 7.79. The molecule has 3 heterocycles. The lowest BCUT2D eigenvalue weighted by atomic mass is 10.2. The summed E-state index contributed by atoms with van der Waals surface area (Å²) in [6.45, 7) is 0.975. The van der Waals surface area contributed by atoms with Crippen LogP contribution in [0.3, 0.4) is 0 Å². The van der Waals surface area contributed by atoms with Crippen LogP contribution in [0.4, 0.5) is 0 Å². The van der Waals surface area contributed by atoms with Gasteiger partial charge in [0.25, 0.3) is 0 Å². The molecule has 0 spiro atoms. The minimum absolute atomic E-state index is 0.0300. The van der Waals surface area contributed by atoms with Crippen LogP contribution in [0.1, 0.15) is 31.7 Å². The van der Waals surface area contributed by atoms with Gasteiger partial charge < -0.3 is 9.67 Å². The number of aliphatic hydroxyl groups is 1. The smallest absolute Gasteiger partial charge is 0.329 e. The summed E-state index contributed by atoms with van der Waals surface area (Å²) in [6.07, 6.45) is 5.56. The van der Waals surface area contributed by atoms with E-state index in [4.69, 9.17) is 4.98 Å². The highest BCUT2D eigenvalue weighted by Crippen LogP contribution is 2.38. The van der Waals surface area contributed by atoms with E-state index in [-0.39, 0.29) is 12.3 Å². The van der Waals surface area contributed by atoms with Crippen molar-refractivity contribution in [3.05, 3.63) is 51.5 Å². The normalized spacial score (nSPS) is 14.3. The third kappa shape index (κ3) is 3.04. The molecule has 0 unspecified atom stereocenters. The summed E-state index contributed by atoms with van der Waals surface area (Å²) in [7, 11) is 1.84. The van der Waals surface area contributed by atoms with E-state index in [1.54, 1.807) is 4.57 Å². The van der Waals surface area contributed by atoms with Crippen LogP contribution in [0.5, 0.6) is 0 Å². The number of hydrogen-bond acceptors (Lipinski definition) is 3. The summed E-state index contributed by atoms with van der Waals surface area (Å²) < 4.78 is 6.96. The van der Waals surface area contributed by atoms with E-state index in [1.807, 2.05) is 29.9 Å². The predicted molar refractivity (Wildman–Crippen MR) is 118 cm³/mol. The second kappa shape index (κ2) is 7.15. The van der Waals surface area contributed by atoms with E-state index >= 15 is 0 Å². The molecule has 1 fully saturated rings. The summed E-state index contributed by atoms with van der Waals surface area (Å²) in [4.78, 5) is 17.6. The molecule has 0 atom stereocenters. The van der Waals surface area contributed by atoms with Crippen LogP contribution >= 0.6 is 15.9 Å². The molecule has 1 aliphatic rings. The van der Waals surface area contributed by atoms with Crippen molar-refractivity contribution in [3.8, 4) is 11.4 Å². The number of imidazole rings is 1. The summed E-state index contributed by atoms with van der Waals surface area (Å²) in [5.74, 6) is 0. The fourth-order valence-electron chi connectivity index (χ4n) is 4.26. The minimum atomic E-state index is 0.0300. The van der Waals surface area contributed by atoms with Crippen molar-refractivity contribution in [1.82, 2.24) is 18.7 Å². The number of unbranched alkanes of at least 4 members (excludes halogenated alkanes) is 1. The lowest BCUT2D eigenvalue weighted by Crippen LogP contribution is -2.21. The van der Waals surface area contributed by atoms with Gasteiger partial charge in [0.1, 0.15) is 5.69 Å². The number of fused-ring (bicyclic) bond motifs is 2. The maximum atomic E-state index is 12.9. The van der Waals surface area contributed by atoms with Gasteiger partial charge in [0.15, 0.2) is 0 Å². The molecule has 0 amide bonds. The number of rotatable bonds is 6. The molecule has 0 bridgehead atoms. The minimum Gasteiger partial charge on any atom is -0.396 e. The zero-order valence-electron chi connectivity index (χ0n) is 16.3. The average molecular weight is 455 g/mol. The van der Waals surface area contributed by atoms with Crippen molar-refractivity contribution in [2.45, 2.75) is 38.3 Å². The Balaban J connectivity index is 1.77. The first kappa shape index (κ1) is 18.6. The fourth-order valence-corrected chi connectivity index (χ4v) is 4.64. The Hall–Kier alpha value is -2.38. The summed E-state index contributed by atoms with van der Waals surface area (Å²) in [5.41, 5.74) is 4.84. The van der Waals surface area contributed by atoms with Gasteiger partial charge in [-0.3, -0.25) is 14.1 Å². The van der Waals surface area contributed by atoms with Crippen LogP contribution < -0.4 is 5.69 Å². The molecule has 3 aromatic heterocycles. The summed E-state index contributed by atoms with van der Waals surface area (Å²) in [5, 5.41) is 10.4. The molecule has 0 saturated heterocycles. The Morgan fingerprint density at radius 2 is 2.00 bits per heavy atom. The Labute approximate surface area is 176 Å². The van der Waals surface area contributed by atoms with Crippen LogP contribution in [-0.4, -0.2) is 30.4 Å². The monoisotopic (exact) mass is 454 g/mol. The molecule has 4 aromatic rings. The molecule has 1 N–H and O–H groups in total. The molecule has 6 nitrogen and oxygen atoms in total. The van der Waals surface area contributed by atoms with Gasteiger partial charge in [-0.25, -0.2) is 4.79 Å². The van der Waals surface area contributed by atoms with E-state index in [9.17, 15) is 9.90 Å². The largest absolute Gasteiger partial charge is 0.396 e. The molecule has 0 radical (unpaired) electrons. The van der Waals surface area contributed by atoms with Gasteiger partial charge in [-0.2, -0.15) is 0 Å². The first-order valence-electron chi connectivity index (χ1n) is 10.1. The fraction of sp³-hybridized carbons (Fsp3) is 0.364. The first-order valence-corrected chi connectivity index (χ1v) is 10.9. The first-order chi connectivity index (χ1) is 14.1. The van der Waals surface area contributed by atoms with Crippen molar-refractivity contribution in [3.63, 3.8) is 0 Å².